The lowest BCUT2D eigenvalue weighted by Crippen LogP contribution is -2.49. The highest BCUT2D eigenvalue weighted by atomic mass is 15.2. The molecule has 104 valence electrons. The van der Waals surface area contributed by atoms with Crippen LogP contribution in [0.5, 0.6) is 0 Å². The molecule has 2 nitrogen and oxygen atoms in total. The number of nitrogens with zero attached hydrogens (tertiary/aromatic N) is 1. The van der Waals surface area contributed by atoms with Crippen molar-refractivity contribution >= 4 is 0 Å². The SMILES string of the molecule is CCNC1CC2CCC(C1)N2CCC1CCCC1. The molecule has 2 heteroatoms. The molecule has 2 heterocycles. The van der Waals surface area contributed by atoms with Crippen molar-refractivity contribution in [1.29, 1.82) is 0 Å². The molecule has 2 bridgehead atoms. The van der Waals surface area contributed by atoms with Crippen LogP contribution in [0.3, 0.4) is 0 Å². The van der Waals surface area contributed by atoms with E-state index in [9.17, 15) is 0 Å². The van der Waals surface area contributed by atoms with Crippen LogP contribution in [0.15, 0.2) is 0 Å². The monoisotopic (exact) mass is 250 g/mol. The van der Waals surface area contributed by atoms with Crippen molar-refractivity contribution in [3.05, 3.63) is 0 Å². The smallest absolute Gasteiger partial charge is 0.0114 e. The van der Waals surface area contributed by atoms with E-state index < -0.39 is 0 Å². The Morgan fingerprint density at radius 3 is 2.28 bits per heavy atom. The summed E-state index contributed by atoms with van der Waals surface area (Å²) in [5.41, 5.74) is 0. The lowest BCUT2D eigenvalue weighted by molar-refractivity contribution is 0.110. The molecule has 2 atom stereocenters. The molecule has 1 saturated carbocycles. The zero-order valence-electron chi connectivity index (χ0n) is 12.0. The fourth-order valence-corrected chi connectivity index (χ4v) is 4.73. The van der Waals surface area contributed by atoms with Crippen LogP contribution in [-0.2, 0) is 0 Å². The summed E-state index contributed by atoms with van der Waals surface area (Å²) in [7, 11) is 0. The van der Waals surface area contributed by atoms with Crippen molar-refractivity contribution in [2.45, 2.75) is 82.8 Å². The van der Waals surface area contributed by atoms with Gasteiger partial charge in [-0.25, -0.2) is 0 Å². The van der Waals surface area contributed by atoms with Gasteiger partial charge in [-0.1, -0.05) is 32.6 Å². The van der Waals surface area contributed by atoms with Crippen LogP contribution in [0.25, 0.3) is 0 Å². The van der Waals surface area contributed by atoms with Crippen molar-refractivity contribution in [2.24, 2.45) is 5.92 Å². The summed E-state index contributed by atoms with van der Waals surface area (Å²) < 4.78 is 0. The van der Waals surface area contributed by atoms with Gasteiger partial charge in [0.05, 0.1) is 0 Å². The Balaban J connectivity index is 1.48. The van der Waals surface area contributed by atoms with Crippen LogP contribution < -0.4 is 5.32 Å². The minimum Gasteiger partial charge on any atom is -0.314 e. The molecule has 3 rings (SSSR count). The van der Waals surface area contributed by atoms with Crippen molar-refractivity contribution in [3.8, 4) is 0 Å². The second kappa shape index (κ2) is 5.92. The molecule has 0 aromatic rings. The van der Waals surface area contributed by atoms with Crippen LogP contribution in [0, 0.1) is 5.92 Å². The standard InChI is InChI=1S/C16H30N2/c1-2-17-14-11-15-7-8-16(12-14)18(15)10-9-13-5-3-4-6-13/h13-17H,2-12H2,1H3. The molecule has 3 aliphatic rings. The van der Waals surface area contributed by atoms with E-state index in [0.29, 0.717) is 0 Å². The third kappa shape index (κ3) is 2.75. The third-order valence-electron chi connectivity index (χ3n) is 5.65. The van der Waals surface area contributed by atoms with Gasteiger partial charge in [0.15, 0.2) is 0 Å². The van der Waals surface area contributed by atoms with E-state index >= 15 is 0 Å². The maximum absolute atomic E-state index is 3.68. The molecule has 1 N–H and O–H groups in total. The van der Waals surface area contributed by atoms with Crippen LogP contribution in [0.2, 0.25) is 0 Å². The number of hydrogen-bond acceptors (Lipinski definition) is 2. The summed E-state index contributed by atoms with van der Waals surface area (Å²) >= 11 is 0. The highest BCUT2D eigenvalue weighted by molar-refractivity contribution is 4.97. The van der Waals surface area contributed by atoms with Crippen LogP contribution >= 0.6 is 0 Å². The highest BCUT2D eigenvalue weighted by Crippen LogP contribution is 2.37. The third-order valence-corrected chi connectivity index (χ3v) is 5.65. The van der Waals surface area contributed by atoms with Gasteiger partial charge in [-0.15, -0.1) is 0 Å². The Hall–Kier alpha value is -0.0800. The molecule has 2 aliphatic heterocycles. The summed E-state index contributed by atoms with van der Waals surface area (Å²) in [4.78, 5) is 2.88. The van der Waals surface area contributed by atoms with Gasteiger partial charge in [0, 0.05) is 18.1 Å². The maximum atomic E-state index is 3.68. The normalized spacial score (nSPS) is 37.5. The largest absolute Gasteiger partial charge is 0.314 e. The Kier molecular flexibility index (Phi) is 4.25. The average molecular weight is 250 g/mol. The second-order valence-electron chi connectivity index (χ2n) is 6.79. The molecule has 2 unspecified atom stereocenters. The van der Waals surface area contributed by atoms with E-state index in [0.717, 1.165) is 30.6 Å². The van der Waals surface area contributed by atoms with E-state index in [1.165, 1.54) is 64.3 Å². The zero-order chi connectivity index (χ0) is 12.4. The van der Waals surface area contributed by atoms with E-state index in [-0.39, 0.29) is 0 Å². The molecular formula is C16H30N2. The first-order valence-corrected chi connectivity index (χ1v) is 8.36. The first kappa shape index (κ1) is 12.9. The van der Waals surface area contributed by atoms with Crippen LogP contribution in [0.1, 0.15) is 64.7 Å². The Labute approximate surface area is 113 Å². The quantitative estimate of drug-likeness (QED) is 0.806. The van der Waals surface area contributed by atoms with Gasteiger partial charge in [0.25, 0.3) is 0 Å². The molecule has 0 radical (unpaired) electrons. The predicted molar refractivity (Wildman–Crippen MR) is 76.8 cm³/mol. The van der Waals surface area contributed by atoms with E-state index in [1.54, 1.807) is 0 Å². The summed E-state index contributed by atoms with van der Waals surface area (Å²) in [6.45, 7) is 4.79. The predicted octanol–water partition coefficient (Wildman–Crippen LogP) is 3.17. The molecule has 3 fully saturated rings. The summed E-state index contributed by atoms with van der Waals surface area (Å²) in [6.07, 6.45) is 13.3. The topological polar surface area (TPSA) is 15.3 Å². The zero-order valence-corrected chi connectivity index (χ0v) is 12.0. The van der Waals surface area contributed by atoms with Crippen LogP contribution in [0.4, 0.5) is 0 Å². The average Bonchev–Trinajstić information content (AvgIpc) is 2.94. The molecular weight excluding hydrogens is 220 g/mol. The van der Waals surface area contributed by atoms with Crippen molar-refractivity contribution in [2.75, 3.05) is 13.1 Å². The van der Waals surface area contributed by atoms with Crippen LogP contribution in [-0.4, -0.2) is 36.1 Å². The first-order chi connectivity index (χ1) is 8.86. The number of hydrogen-bond donors (Lipinski definition) is 1. The van der Waals surface area contributed by atoms with Gasteiger partial charge in [0.2, 0.25) is 0 Å². The number of rotatable bonds is 5. The molecule has 18 heavy (non-hydrogen) atoms. The molecule has 0 aromatic heterocycles. The first-order valence-electron chi connectivity index (χ1n) is 8.36. The summed E-state index contributed by atoms with van der Waals surface area (Å²) in [5, 5.41) is 3.68. The van der Waals surface area contributed by atoms with Gasteiger partial charge < -0.3 is 5.32 Å². The maximum Gasteiger partial charge on any atom is 0.0114 e. The van der Waals surface area contributed by atoms with Gasteiger partial charge in [-0.3, -0.25) is 4.90 Å². The minimum absolute atomic E-state index is 0.815. The fourth-order valence-electron chi connectivity index (χ4n) is 4.73. The van der Waals surface area contributed by atoms with Gasteiger partial charge in [-0.2, -0.15) is 0 Å². The molecule has 1 aliphatic carbocycles. The molecule has 0 spiro atoms. The lowest BCUT2D eigenvalue weighted by Gasteiger charge is -2.39. The Morgan fingerprint density at radius 1 is 1.00 bits per heavy atom. The number of fused-ring (bicyclic) bond motifs is 2. The lowest BCUT2D eigenvalue weighted by atomic mass is 9.95. The van der Waals surface area contributed by atoms with Crippen molar-refractivity contribution in [1.82, 2.24) is 10.2 Å². The Bertz CT molecular complexity index is 246. The van der Waals surface area contributed by atoms with Gasteiger partial charge in [0.1, 0.15) is 0 Å². The molecule has 0 aromatic carbocycles. The summed E-state index contributed by atoms with van der Waals surface area (Å²) in [6, 6.07) is 2.64. The molecule has 0 amide bonds. The van der Waals surface area contributed by atoms with Gasteiger partial charge >= 0.3 is 0 Å². The highest BCUT2D eigenvalue weighted by Gasteiger charge is 2.40. The van der Waals surface area contributed by atoms with Gasteiger partial charge in [-0.05, 0) is 51.1 Å². The van der Waals surface area contributed by atoms with E-state index in [1.807, 2.05) is 0 Å². The fraction of sp³-hybridized carbons (Fsp3) is 1.00. The van der Waals surface area contributed by atoms with E-state index in [2.05, 4.69) is 17.1 Å². The summed E-state index contributed by atoms with van der Waals surface area (Å²) in [5.74, 6) is 1.07. The second-order valence-corrected chi connectivity index (χ2v) is 6.79. The number of piperidine rings is 1. The van der Waals surface area contributed by atoms with Crippen molar-refractivity contribution < 1.29 is 0 Å². The number of nitrogens with one attached hydrogen (secondary N) is 1. The van der Waals surface area contributed by atoms with E-state index in [4.69, 9.17) is 0 Å². The molecule has 2 saturated heterocycles. The van der Waals surface area contributed by atoms with Crippen molar-refractivity contribution in [3.63, 3.8) is 0 Å². The Morgan fingerprint density at radius 2 is 1.67 bits per heavy atom. The minimum atomic E-state index is 0.815.